The highest BCUT2D eigenvalue weighted by molar-refractivity contribution is 7.99. The highest BCUT2D eigenvalue weighted by atomic mass is 32.2. The fourth-order valence-electron chi connectivity index (χ4n) is 1.79. The minimum absolute atomic E-state index is 0.169. The van der Waals surface area contributed by atoms with E-state index in [1.54, 1.807) is 18.8 Å². The van der Waals surface area contributed by atoms with Crippen molar-refractivity contribution in [2.45, 2.75) is 18.6 Å². The third kappa shape index (κ3) is 2.77. The van der Waals surface area contributed by atoms with Gasteiger partial charge in [-0.1, -0.05) is 11.8 Å². The van der Waals surface area contributed by atoms with Gasteiger partial charge in [0.25, 0.3) is 0 Å². The minimum Gasteiger partial charge on any atom is -0.479 e. The van der Waals surface area contributed by atoms with Gasteiger partial charge < -0.3 is 15.0 Å². The molecule has 0 aromatic carbocycles. The van der Waals surface area contributed by atoms with Crippen LogP contribution in [0.25, 0.3) is 11.4 Å². The van der Waals surface area contributed by atoms with Crippen LogP contribution < -0.4 is 10.5 Å². The Morgan fingerprint density at radius 1 is 1.50 bits per heavy atom. The molecule has 0 unspecified atom stereocenters. The normalized spacial score (nSPS) is 10.8. The van der Waals surface area contributed by atoms with E-state index in [0.717, 1.165) is 5.56 Å². The molecule has 2 aromatic heterocycles. The summed E-state index contributed by atoms with van der Waals surface area (Å²) in [5.74, 6) is 0.925. The number of nitrogens with two attached hydrogens (primary N) is 1. The second-order valence-corrected chi connectivity index (χ2v) is 4.97. The Hall–Kier alpha value is -2.03. The van der Waals surface area contributed by atoms with Crippen molar-refractivity contribution >= 4 is 17.7 Å². The van der Waals surface area contributed by atoms with E-state index in [1.165, 1.54) is 11.8 Å². The Morgan fingerprint density at radius 3 is 2.85 bits per heavy atom. The van der Waals surface area contributed by atoms with Crippen molar-refractivity contribution in [2.24, 2.45) is 12.8 Å². The summed E-state index contributed by atoms with van der Waals surface area (Å²) < 4.78 is 8.78. The first-order valence-corrected chi connectivity index (χ1v) is 6.97. The Labute approximate surface area is 120 Å². The lowest BCUT2D eigenvalue weighted by atomic mass is 10.3. The van der Waals surface area contributed by atoms with Crippen LogP contribution in [0.2, 0.25) is 0 Å². The molecule has 8 nitrogen and oxygen atoms in total. The fraction of sp³-hybridized carbons (Fsp3) is 0.455. The minimum atomic E-state index is -0.388. The number of carbonyl (C=O) groups excluding carboxylic acids is 1. The van der Waals surface area contributed by atoms with Gasteiger partial charge >= 0.3 is 0 Å². The topological polar surface area (TPSA) is 101 Å². The summed E-state index contributed by atoms with van der Waals surface area (Å²) in [5, 5.41) is 13.1. The van der Waals surface area contributed by atoms with Crippen LogP contribution in [0.4, 0.5) is 0 Å². The summed E-state index contributed by atoms with van der Waals surface area (Å²) in [5.41, 5.74) is 5.91. The average Bonchev–Trinajstić information content (AvgIpc) is 2.98. The monoisotopic (exact) mass is 296 g/mol. The van der Waals surface area contributed by atoms with Crippen molar-refractivity contribution in [2.75, 3.05) is 12.9 Å². The standard InChI is InChI=1S/C11H16N6O2S/c1-4-17-9(7-5-16(2)15-10(7)19-3)13-14-11(17)20-6-8(12)18/h5H,4,6H2,1-3H3,(H2,12,18). The van der Waals surface area contributed by atoms with Gasteiger partial charge in [-0.25, -0.2) is 0 Å². The third-order valence-corrected chi connectivity index (χ3v) is 3.59. The molecule has 0 atom stereocenters. The largest absolute Gasteiger partial charge is 0.479 e. The number of aryl methyl sites for hydroxylation is 1. The molecule has 0 bridgehead atoms. The third-order valence-electron chi connectivity index (χ3n) is 2.61. The highest BCUT2D eigenvalue weighted by Gasteiger charge is 2.19. The zero-order valence-electron chi connectivity index (χ0n) is 11.5. The molecule has 0 aliphatic rings. The molecule has 9 heteroatoms. The van der Waals surface area contributed by atoms with E-state index in [4.69, 9.17) is 10.5 Å². The Kier molecular flexibility index (Phi) is 4.28. The zero-order valence-corrected chi connectivity index (χ0v) is 12.3. The Balaban J connectivity index is 2.39. The summed E-state index contributed by atoms with van der Waals surface area (Å²) in [4.78, 5) is 10.9. The van der Waals surface area contributed by atoms with Gasteiger partial charge in [-0.2, -0.15) is 0 Å². The van der Waals surface area contributed by atoms with Crippen molar-refractivity contribution in [1.29, 1.82) is 0 Å². The molecule has 108 valence electrons. The van der Waals surface area contributed by atoms with E-state index in [2.05, 4.69) is 15.3 Å². The summed E-state index contributed by atoms with van der Waals surface area (Å²) in [6, 6.07) is 0. The quantitative estimate of drug-likeness (QED) is 0.769. The van der Waals surface area contributed by atoms with Gasteiger partial charge in [-0.3, -0.25) is 9.48 Å². The number of primary amides is 1. The van der Waals surface area contributed by atoms with Crippen molar-refractivity contribution in [3.8, 4) is 17.3 Å². The molecule has 20 heavy (non-hydrogen) atoms. The molecule has 0 saturated carbocycles. The van der Waals surface area contributed by atoms with Gasteiger partial charge in [0.1, 0.15) is 5.56 Å². The molecule has 2 rings (SSSR count). The maximum absolute atomic E-state index is 10.9. The first kappa shape index (κ1) is 14.4. The molecular weight excluding hydrogens is 280 g/mol. The SMILES string of the molecule is CCn1c(SCC(N)=O)nnc1-c1cn(C)nc1OC. The van der Waals surface area contributed by atoms with E-state index >= 15 is 0 Å². The maximum atomic E-state index is 10.9. The van der Waals surface area contributed by atoms with Crippen LogP contribution in [0, 0.1) is 0 Å². The molecule has 2 N–H and O–H groups in total. The van der Waals surface area contributed by atoms with Gasteiger partial charge in [-0.15, -0.1) is 15.3 Å². The molecule has 0 fully saturated rings. The number of carbonyl (C=O) groups is 1. The molecule has 0 aliphatic heterocycles. The van der Waals surface area contributed by atoms with Crippen LogP contribution in [-0.4, -0.2) is 43.3 Å². The Morgan fingerprint density at radius 2 is 2.25 bits per heavy atom. The van der Waals surface area contributed by atoms with Crippen LogP contribution >= 0.6 is 11.8 Å². The number of thioether (sulfide) groups is 1. The molecule has 0 aliphatic carbocycles. The van der Waals surface area contributed by atoms with Gasteiger partial charge in [0.2, 0.25) is 11.8 Å². The maximum Gasteiger partial charge on any atom is 0.243 e. The lowest BCUT2D eigenvalue weighted by Crippen LogP contribution is -2.13. The van der Waals surface area contributed by atoms with Crippen LogP contribution in [0.1, 0.15) is 6.92 Å². The second kappa shape index (κ2) is 5.95. The highest BCUT2D eigenvalue weighted by Crippen LogP contribution is 2.29. The predicted molar refractivity (Wildman–Crippen MR) is 74.4 cm³/mol. The number of aromatic nitrogens is 5. The van der Waals surface area contributed by atoms with Crippen molar-refractivity contribution in [3.05, 3.63) is 6.20 Å². The van der Waals surface area contributed by atoms with Crippen LogP contribution in [0.3, 0.4) is 0 Å². The molecule has 0 radical (unpaired) electrons. The fourth-order valence-corrected chi connectivity index (χ4v) is 2.53. The summed E-state index contributed by atoms with van der Waals surface area (Å²) in [6.07, 6.45) is 1.82. The van der Waals surface area contributed by atoms with E-state index in [-0.39, 0.29) is 11.7 Å². The van der Waals surface area contributed by atoms with E-state index in [0.29, 0.717) is 23.4 Å². The van der Waals surface area contributed by atoms with E-state index < -0.39 is 0 Å². The summed E-state index contributed by atoms with van der Waals surface area (Å²) in [7, 11) is 3.36. The molecule has 2 heterocycles. The summed E-state index contributed by atoms with van der Waals surface area (Å²) in [6.45, 7) is 2.64. The first-order valence-electron chi connectivity index (χ1n) is 5.99. The lowest BCUT2D eigenvalue weighted by Gasteiger charge is -2.06. The van der Waals surface area contributed by atoms with Gasteiger partial charge in [0.05, 0.1) is 12.9 Å². The van der Waals surface area contributed by atoms with Crippen LogP contribution in [0.5, 0.6) is 5.88 Å². The smallest absolute Gasteiger partial charge is 0.243 e. The average molecular weight is 296 g/mol. The zero-order chi connectivity index (χ0) is 14.7. The lowest BCUT2D eigenvalue weighted by molar-refractivity contribution is -0.115. The molecule has 0 saturated heterocycles. The van der Waals surface area contributed by atoms with Crippen LogP contribution in [0.15, 0.2) is 11.4 Å². The van der Waals surface area contributed by atoms with Gasteiger partial charge in [0.15, 0.2) is 11.0 Å². The predicted octanol–water partition coefficient (Wildman–Crippen LogP) is 0.284. The van der Waals surface area contributed by atoms with Gasteiger partial charge in [-0.05, 0) is 6.92 Å². The van der Waals surface area contributed by atoms with Crippen molar-refractivity contribution in [3.63, 3.8) is 0 Å². The second-order valence-electron chi connectivity index (χ2n) is 4.03. The number of rotatable bonds is 6. The van der Waals surface area contributed by atoms with E-state index in [9.17, 15) is 4.79 Å². The summed E-state index contributed by atoms with van der Waals surface area (Å²) >= 11 is 1.26. The number of amides is 1. The van der Waals surface area contributed by atoms with Crippen molar-refractivity contribution < 1.29 is 9.53 Å². The molecule has 2 aromatic rings. The Bertz CT molecular complexity index is 620. The first-order chi connectivity index (χ1) is 9.56. The molecule has 1 amide bonds. The van der Waals surface area contributed by atoms with Crippen molar-refractivity contribution in [1.82, 2.24) is 24.5 Å². The van der Waals surface area contributed by atoms with Gasteiger partial charge in [0, 0.05) is 19.8 Å². The number of methoxy groups -OCH3 is 1. The molecular formula is C11H16N6O2S. The number of hydrogen-bond acceptors (Lipinski definition) is 6. The number of hydrogen-bond donors (Lipinski definition) is 1. The number of ether oxygens (including phenoxy) is 1. The number of nitrogens with zero attached hydrogens (tertiary/aromatic N) is 5. The van der Waals surface area contributed by atoms with Crippen LogP contribution in [-0.2, 0) is 18.4 Å². The molecule has 0 spiro atoms. The van der Waals surface area contributed by atoms with E-state index in [1.807, 2.05) is 17.7 Å².